The highest BCUT2D eigenvalue weighted by Crippen LogP contribution is 2.30. The molecule has 3 aromatic carbocycles. The number of likely N-dealkylation sites (N-methyl/N-ethyl adjacent to an activating group) is 2. The number of carboxylic acid groups (broad SMARTS) is 1. The molecule has 0 fully saturated rings. The van der Waals surface area contributed by atoms with Crippen LogP contribution in [0.1, 0.15) is 147 Å². The van der Waals surface area contributed by atoms with Gasteiger partial charge in [-0.3, -0.25) is 33.8 Å². The number of amides is 7. The molecule has 18 heteroatoms. The fourth-order valence-electron chi connectivity index (χ4n) is 8.22. The first-order valence-corrected chi connectivity index (χ1v) is 26.0. The third kappa shape index (κ3) is 18.5. The monoisotopic (exact) mass is 1050 g/mol. The molecule has 0 heterocycles. The van der Waals surface area contributed by atoms with Gasteiger partial charge in [0.15, 0.2) is 0 Å². The van der Waals surface area contributed by atoms with Gasteiger partial charge in [0.1, 0.15) is 35.4 Å². The van der Waals surface area contributed by atoms with Gasteiger partial charge in [-0.2, -0.15) is 0 Å². The minimum atomic E-state index is -1.25. The highest BCUT2D eigenvalue weighted by atomic mass is 16.6. The SMILES string of the molecule is CCC(CN(CC(=O)NC1CCCc2ccccc21)C(=O)C(NC(=O)[C@H](C)N(C)C(=O)OC(C)(C)C)C(C)(C)C)NC(=O)c1ccc(/C=C/c2ccc(CC(NC(=O)[C@H](C)N(C)C(=O)OC(C)(C)C)C(=O)O)cc2)cc1. The Balaban J connectivity index is 1.46. The molecule has 5 N–H and O–H groups in total. The molecule has 0 aliphatic heterocycles. The zero-order valence-electron chi connectivity index (χ0n) is 46.9. The quantitative estimate of drug-likeness (QED) is 0.0694. The number of carboxylic acids is 1. The van der Waals surface area contributed by atoms with Gasteiger partial charge < -0.3 is 40.7 Å². The average Bonchev–Trinajstić information content (AvgIpc) is 3.34. The number of aliphatic carboxylic acids is 1. The summed E-state index contributed by atoms with van der Waals surface area (Å²) in [4.78, 5) is 111. The van der Waals surface area contributed by atoms with E-state index < -0.39 is 94.5 Å². The second-order valence-corrected chi connectivity index (χ2v) is 22.7. The van der Waals surface area contributed by atoms with Gasteiger partial charge >= 0.3 is 18.2 Å². The number of hydrogen-bond donors (Lipinski definition) is 5. The lowest BCUT2D eigenvalue weighted by Gasteiger charge is -2.37. The van der Waals surface area contributed by atoms with Crippen LogP contribution in [-0.2, 0) is 46.3 Å². The second kappa shape index (κ2) is 26.5. The Morgan fingerprint density at radius 3 is 1.72 bits per heavy atom. The maximum atomic E-state index is 14.8. The second-order valence-electron chi connectivity index (χ2n) is 22.7. The van der Waals surface area contributed by atoms with Gasteiger partial charge in [0, 0.05) is 38.7 Å². The van der Waals surface area contributed by atoms with E-state index in [0.29, 0.717) is 17.5 Å². The van der Waals surface area contributed by atoms with Gasteiger partial charge in [0.25, 0.3) is 5.91 Å². The summed E-state index contributed by atoms with van der Waals surface area (Å²) >= 11 is 0. The van der Waals surface area contributed by atoms with Crippen molar-refractivity contribution in [3.63, 3.8) is 0 Å². The van der Waals surface area contributed by atoms with Crippen molar-refractivity contribution in [1.82, 2.24) is 36.0 Å². The molecule has 414 valence electrons. The van der Waals surface area contributed by atoms with Crippen LogP contribution in [0.4, 0.5) is 9.59 Å². The maximum absolute atomic E-state index is 14.8. The number of carbonyl (C=O) groups is 8. The zero-order chi connectivity index (χ0) is 56.9. The lowest BCUT2D eigenvalue weighted by atomic mass is 9.85. The van der Waals surface area contributed by atoms with Crippen LogP contribution in [0.5, 0.6) is 0 Å². The lowest BCUT2D eigenvalue weighted by Crippen LogP contribution is -2.60. The zero-order valence-corrected chi connectivity index (χ0v) is 46.9. The van der Waals surface area contributed by atoms with Crippen molar-refractivity contribution in [2.24, 2.45) is 5.41 Å². The molecular weight excluding hydrogens is 971 g/mol. The van der Waals surface area contributed by atoms with Gasteiger partial charge in [0.2, 0.25) is 23.6 Å². The third-order valence-electron chi connectivity index (χ3n) is 13.0. The minimum absolute atomic E-state index is 0.00160. The Kier molecular flexibility index (Phi) is 21.4. The number of nitrogens with zero attached hydrogens (tertiary/aromatic N) is 3. The number of ether oxygens (including phenoxy) is 2. The first kappa shape index (κ1) is 61.3. The van der Waals surface area contributed by atoms with Gasteiger partial charge in [-0.1, -0.05) is 101 Å². The summed E-state index contributed by atoms with van der Waals surface area (Å²) in [5.74, 6) is -3.78. The molecule has 4 unspecified atom stereocenters. The first-order chi connectivity index (χ1) is 35.4. The van der Waals surface area contributed by atoms with E-state index in [4.69, 9.17) is 9.47 Å². The van der Waals surface area contributed by atoms with E-state index in [2.05, 4.69) is 27.3 Å². The number of benzene rings is 3. The molecule has 0 spiro atoms. The first-order valence-electron chi connectivity index (χ1n) is 26.0. The van der Waals surface area contributed by atoms with E-state index in [0.717, 1.165) is 51.3 Å². The number of nitrogens with one attached hydrogen (secondary N) is 4. The molecule has 4 rings (SSSR count). The molecular formula is C58H81N7O11. The van der Waals surface area contributed by atoms with E-state index in [1.54, 1.807) is 98.7 Å². The highest BCUT2D eigenvalue weighted by Gasteiger charge is 2.40. The summed E-state index contributed by atoms with van der Waals surface area (Å²) in [5, 5.41) is 21.5. The van der Waals surface area contributed by atoms with Crippen molar-refractivity contribution in [1.29, 1.82) is 0 Å². The van der Waals surface area contributed by atoms with E-state index in [1.165, 1.54) is 32.8 Å². The number of aryl methyl sites for hydroxylation is 1. The highest BCUT2D eigenvalue weighted by molar-refractivity contribution is 5.96. The van der Waals surface area contributed by atoms with E-state index in [9.17, 15) is 43.5 Å². The largest absolute Gasteiger partial charge is 0.480 e. The van der Waals surface area contributed by atoms with Crippen LogP contribution in [0.15, 0.2) is 72.8 Å². The van der Waals surface area contributed by atoms with Gasteiger partial charge in [-0.25, -0.2) is 14.4 Å². The topological polar surface area (TPSA) is 233 Å². The number of rotatable bonds is 20. The van der Waals surface area contributed by atoms with Gasteiger partial charge in [-0.15, -0.1) is 0 Å². The van der Waals surface area contributed by atoms with Crippen LogP contribution in [0, 0.1) is 5.41 Å². The van der Waals surface area contributed by atoms with E-state index in [-0.39, 0.29) is 25.6 Å². The molecule has 1 aliphatic rings. The molecule has 3 aromatic rings. The standard InChI is InChI=1S/C58H81N7O11/c1-15-43(59-51(69)42-31-29-39(30-32-42)24-23-38-25-27-40(28-26-38)33-46(53(71)72)61-49(67)36(2)63(13)54(73)75-57(7,8)9)34-65(35-47(66)60-45-22-18-20-41-19-16-17-21-44(41)45)52(70)48(56(4,5)6)62-50(68)37(3)64(14)55(74)76-58(10,11)12/h16-17,19,21,23-32,36-37,43,45-46,48H,15,18,20,22,33-35H2,1-14H3,(H,59,69)(H,60,66)(H,61,67)(H,62,68)(H,71,72)/b24-23+/t36-,37-,43?,45?,46?,48?/m0/s1. The Morgan fingerprint density at radius 2 is 1.22 bits per heavy atom. The van der Waals surface area contributed by atoms with Crippen LogP contribution in [0.3, 0.4) is 0 Å². The molecule has 0 aromatic heterocycles. The Hall–Kier alpha value is -7.24. The molecule has 7 amide bonds. The van der Waals surface area contributed by atoms with Crippen LogP contribution in [-0.4, -0.2) is 136 Å². The van der Waals surface area contributed by atoms with Crippen LogP contribution in [0.25, 0.3) is 12.2 Å². The lowest BCUT2D eigenvalue weighted by molar-refractivity contribution is -0.143. The minimum Gasteiger partial charge on any atom is -0.480 e. The Bertz CT molecular complexity index is 2560. The third-order valence-corrected chi connectivity index (χ3v) is 13.0. The normalized spacial score (nSPS) is 15.6. The summed E-state index contributed by atoms with van der Waals surface area (Å²) in [5.41, 5.74) is 2.39. The van der Waals surface area contributed by atoms with Crippen molar-refractivity contribution in [2.45, 2.75) is 163 Å². The fourth-order valence-corrected chi connectivity index (χ4v) is 8.22. The van der Waals surface area contributed by atoms with Crippen LogP contribution >= 0.6 is 0 Å². The number of fused-ring (bicyclic) bond motifs is 1. The van der Waals surface area contributed by atoms with Crippen molar-refractivity contribution < 1.29 is 52.9 Å². The predicted octanol–water partition coefficient (Wildman–Crippen LogP) is 7.54. The summed E-state index contributed by atoms with van der Waals surface area (Å²) in [6.07, 6.45) is 5.22. The van der Waals surface area contributed by atoms with E-state index in [1.807, 2.05) is 49.4 Å². The van der Waals surface area contributed by atoms with Gasteiger partial charge in [0.05, 0.1) is 12.6 Å². The number of carbonyl (C=O) groups excluding carboxylic acids is 7. The van der Waals surface area contributed by atoms with Crippen molar-refractivity contribution in [3.05, 3.63) is 106 Å². The summed E-state index contributed by atoms with van der Waals surface area (Å²) in [6.45, 7) is 20.2. The maximum Gasteiger partial charge on any atom is 0.410 e. The van der Waals surface area contributed by atoms with E-state index >= 15 is 0 Å². The van der Waals surface area contributed by atoms with Crippen molar-refractivity contribution >= 4 is 59.8 Å². The number of hydrogen-bond acceptors (Lipinski definition) is 10. The summed E-state index contributed by atoms with van der Waals surface area (Å²) in [7, 11) is 2.86. The van der Waals surface area contributed by atoms with Crippen LogP contribution in [0.2, 0.25) is 0 Å². The molecule has 0 radical (unpaired) electrons. The van der Waals surface area contributed by atoms with Crippen LogP contribution < -0.4 is 21.3 Å². The van der Waals surface area contributed by atoms with Gasteiger partial charge in [-0.05, 0) is 126 Å². The predicted molar refractivity (Wildman–Crippen MR) is 292 cm³/mol. The Labute approximate surface area is 448 Å². The molecule has 0 saturated carbocycles. The molecule has 0 saturated heterocycles. The smallest absolute Gasteiger partial charge is 0.410 e. The Morgan fingerprint density at radius 1 is 0.711 bits per heavy atom. The molecule has 76 heavy (non-hydrogen) atoms. The average molecular weight is 1050 g/mol. The molecule has 6 atom stereocenters. The summed E-state index contributed by atoms with van der Waals surface area (Å²) < 4.78 is 10.8. The fraction of sp³-hybridized carbons (Fsp3) is 0.517. The molecule has 0 bridgehead atoms. The van der Waals surface area contributed by atoms with Crippen molar-refractivity contribution in [3.8, 4) is 0 Å². The molecule has 18 nitrogen and oxygen atoms in total. The summed E-state index contributed by atoms with van der Waals surface area (Å²) in [6, 6.07) is 16.8. The molecule has 1 aliphatic carbocycles. The van der Waals surface area contributed by atoms with Crippen molar-refractivity contribution in [2.75, 3.05) is 27.2 Å².